The predicted molar refractivity (Wildman–Crippen MR) is 108 cm³/mol. The van der Waals surface area contributed by atoms with Crippen LogP contribution in [0.25, 0.3) is 0 Å². The van der Waals surface area contributed by atoms with E-state index in [9.17, 15) is 0 Å². The summed E-state index contributed by atoms with van der Waals surface area (Å²) in [4.78, 5) is 6.90. The van der Waals surface area contributed by atoms with Gasteiger partial charge in [0.15, 0.2) is 5.96 Å². The quantitative estimate of drug-likeness (QED) is 0.403. The number of aliphatic imine (C=N–C) groups is 1. The zero-order valence-electron chi connectivity index (χ0n) is 16.0. The maximum Gasteiger partial charge on any atom is 0.193 e. The number of nitrogens with one attached hydrogen (secondary N) is 1. The van der Waals surface area contributed by atoms with Crippen LogP contribution in [0.4, 0.5) is 0 Å². The van der Waals surface area contributed by atoms with E-state index in [1.54, 1.807) is 0 Å². The van der Waals surface area contributed by atoms with Crippen molar-refractivity contribution in [2.24, 2.45) is 10.9 Å². The molecule has 1 N–H and O–H groups in total. The van der Waals surface area contributed by atoms with Crippen molar-refractivity contribution in [2.45, 2.75) is 32.8 Å². The maximum atomic E-state index is 5.98. The molecule has 1 aromatic rings. The number of halogens is 1. The van der Waals surface area contributed by atoms with Gasteiger partial charge in [-0.1, -0.05) is 23.7 Å². The minimum Gasteiger partial charge on any atom is -0.381 e. The van der Waals surface area contributed by atoms with Crippen molar-refractivity contribution in [3.63, 3.8) is 0 Å². The molecular weight excluding hydrogens is 350 g/mol. The Kier molecular flexibility index (Phi) is 9.82. The van der Waals surface area contributed by atoms with Gasteiger partial charge < -0.3 is 19.7 Å². The standard InChI is InChI=1S/C20H32ClN3O2/c1-3-22-20(24(2)11-7-17-8-12-25-13-9-17)23-10-14-26-16-18-5-4-6-19(21)15-18/h4-6,15,17H,3,7-14,16H2,1-2H3,(H,22,23). The Morgan fingerprint density at radius 3 is 2.92 bits per heavy atom. The number of hydrogen-bond acceptors (Lipinski definition) is 3. The van der Waals surface area contributed by atoms with E-state index in [1.165, 1.54) is 19.3 Å². The molecule has 0 amide bonds. The molecule has 146 valence electrons. The molecule has 0 radical (unpaired) electrons. The van der Waals surface area contributed by atoms with Crippen molar-refractivity contribution < 1.29 is 9.47 Å². The largest absolute Gasteiger partial charge is 0.381 e. The van der Waals surface area contributed by atoms with Gasteiger partial charge in [0.25, 0.3) is 0 Å². The monoisotopic (exact) mass is 381 g/mol. The lowest BCUT2D eigenvalue weighted by molar-refractivity contribution is 0.0625. The van der Waals surface area contributed by atoms with E-state index >= 15 is 0 Å². The molecule has 6 heteroatoms. The van der Waals surface area contributed by atoms with Crippen molar-refractivity contribution >= 4 is 17.6 Å². The number of ether oxygens (including phenoxy) is 2. The third kappa shape index (κ3) is 7.94. The van der Waals surface area contributed by atoms with Gasteiger partial charge in [0.1, 0.15) is 0 Å². The predicted octanol–water partition coefficient (Wildman–Crippen LogP) is 3.57. The van der Waals surface area contributed by atoms with Crippen LogP contribution in [0, 0.1) is 5.92 Å². The molecule has 0 bridgehead atoms. The van der Waals surface area contributed by atoms with Crippen LogP contribution >= 0.6 is 11.6 Å². The summed E-state index contributed by atoms with van der Waals surface area (Å²) in [6.07, 6.45) is 3.55. The Labute approximate surface area is 162 Å². The summed E-state index contributed by atoms with van der Waals surface area (Å²) in [7, 11) is 2.10. The number of nitrogens with zero attached hydrogens (tertiary/aromatic N) is 2. The van der Waals surface area contributed by atoms with Gasteiger partial charge in [-0.3, -0.25) is 4.99 Å². The van der Waals surface area contributed by atoms with Gasteiger partial charge in [0, 0.05) is 38.4 Å². The molecule has 5 nitrogen and oxygen atoms in total. The van der Waals surface area contributed by atoms with Crippen molar-refractivity contribution in [3.8, 4) is 0 Å². The molecule has 1 fully saturated rings. The van der Waals surface area contributed by atoms with Gasteiger partial charge in [-0.15, -0.1) is 0 Å². The Morgan fingerprint density at radius 2 is 2.19 bits per heavy atom. The molecule has 1 aliphatic heterocycles. The summed E-state index contributed by atoms with van der Waals surface area (Å²) < 4.78 is 11.1. The van der Waals surface area contributed by atoms with Crippen LogP contribution in [0.3, 0.4) is 0 Å². The normalized spacial score (nSPS) is 15.9. The van der Waals surface area contributed by atoms with E-state index in [4.69, 9.17) is 21.1 Å². The molecule has 0 spiro atoms. The maximum absolute atomic E-state index is 5.98. The van der Waals surface area contributed by atoms with Gasteiger partial charge in [-0.2, -0.15) is 0 Å². The lowest BCUT2D eigenvalue weighted by Gasteiger charge is -2.26. The van der Waals surface area contributed by atoms with Crippen LogP contribution < -0.4 is 5.32 Å². The zero-order chi connectivity index (χ0) is 18.6. The van der Waals surface area contributed by atoms with Crippen LogP contribution in [-0.2, 0) is 16.1 Å². The van der Waals surface area contributed by atoms with Gasteiger partial charge in [0.2, 0.25) is 0 Å². The number of benzene rings is 1. The smallest absolute Gasteiger partial charge is 0.193 e. The fraction of sp³-hybridized carbons (Fsp3) is 0.650. The van der Waals surface area contributed by atoms with Crippen LogP contribution in [0.15, 0.2) is 29.3 Å². The summed E-state index contributed by atoms with van der Waals surface area (Å²) in [5, 5.41) is 4.10. The molecule has 1 heterocycles. The Morgan fingerprint density at radius 1 is 1.38 bits per heavy atom. The van der Waals surface area contributed by atoms with Gasteiger partial charge in [0.05, 0.1) is 19.8 Å². The fourth-order valence-electron chi connectivity index (χ4n) is 3.02. The van der Waals surface area contributed by atoms with Crippen molar-refractivity contribution in [1.29, 1.82) is 0 Å². The minimum atomic E-state index is 0.562. The lowest BCUT2D eigenvalue weighted by Crippen LogP contribution is -2.40. The van der Waals surface area contributed by atoms with E-state index in [2.05, 4.69) is 29.2 Å². The second kappa shape index (κ2) is 12.2. The van der Waals surface area contributed by atoms with Crippen molar-refractivity contribution in [3.05, 3.63) is 34.9 Å². The molecule has 0 aromatic heterocycles. The van der Waals surface area contributed by atoms with Gasteiger partial charge in [-0.05, 0) is 49.8 Å². The Hall–Kier alpha value is -1.30. The highest BCUT2D eigenvalue weighted by atomic mass is 35.5. The molecule has 0 unspecified atom stereocenters. The van der Waals surface area contributed by atoms with E-state index in [-0.39, 0.29) is 0 Å². The van der Waals surface area contributed by atoms with Crippen LogP contribution in [0.1, 0.15) is 31.7 Å². The highest BCUT2D eigenvalue weighted by Crippen LogP contribution is 2.18. The first kappa shape index (κ1) is 21.0. The Balaban J connectivity index is 1.70. The fourth-order valence-corrected chi connectivity index (χ4v) is 3.23. The SMILES string of the molecule is CCNC(=NCCOCc1cccc(Cl)c1)N(C)CCC1CCOCC1. The van der Waals surface area contributed by atoms with E-state index < -0.39 is 0 Å². The molecule has 0 aliphatic carbocycles. The third-order valence-corrected chi connectivity index (χ3v) is 4.80. The number of guanidine groups is 1. The Bertz CT molecular complexity index is 548. The topological polar surface area (TPSA) is 46.1 Å². The van der Waals surface area contributed by atoms with E-state index in [1.807, 2.05) is 24.3 Å². The molecule has 1 aliphatic rings. The minimum absolute atomic E-state index is 0.562. The molecule has 1 aromatic carbocycles. The van der Waals surface area contributed by atoms with Crippen LogP contribution in [-0.4, -0.2) is 57.4 Å². The van der Waals surface area contributed by atoms with E-state index in [0.29, 0.717) is 19.8 Å². The molecule has 0 saturated carbocycles. The lowest BCUT2D eigenvalue weighted by atomic mass is 9.96. The van der Waals surface area contributed by atoms with Crippen LogP contribution in [0.5, 0.6) is 0 Å². The van der Waals surface area contributed by atoms with E-state index in [0.717, 1.165) is 48.8 Å². The van der Waals surface area contributed by atoms with Crippen LogP contribution in [0.2, 0.25) is 5.02 Å². The second-order valence-electron chi connectivity index (χ2n) is 6.68. The molecule has 1 saturated heterocycles. The molecular formula is C20H32ClN3O2. The first-order chi connectivity index (χ1) is 12.7. The summed E-state index contributed by atoms with van der Waals surface area (Å²) in [6.45, 7) is 7.59. The number of rotatable bonds is 9. The van der Waals surface area contributed by atoms with Gasteiger partial charge >= 0.3 is 0 Å². The zero-order valence-corrected chi connectivity index (χ0v) is 16.8. The highest BCUT2D eigenvalue weighted by molar-refractivity contribution is 6.30. The summed E-state index contributed by atoms with van der Waals surface area (Å²) in [5.74, 6) is 1.72. The summed E-state index contributed by atoms with van der Waals surface area (Å²) in [5.41, 5.74) is 1.09. The highest BCUT2D eigenvalue weighted by Gasteiger charge is 2.15. The molecule has 0 atom stereocenters. The summed E-state index contributed by atoms with van der Waals surface area (Å²) in [6, 6.07) is 7.76. The van der Waals surface area contributed by atoms with Crippen molar-refractivity contribution in [1.82, 2.24) is 10.2 Å². The molecule has 2 rings (SSSR count). The average molecular weight is 382 g/mol. The summed E-state index contributed by atoms with van der Waals surface area (Å²) >= 11 is 5.98. The van der Waals surface area contributed by atoms with Crippen molar-refractivity contribution in [2.75, 3.05) is 46.5 Å². The second-order valence-corrected chi connectivity index (χ2v) is 7.12. The average Bonchev–Trinajstić information content (AvgIpc) is 2.66. The third-order valence-electron chi connectivity index (χ3n) is 4.57. The first-order valence-corrected chi connectivity index (χ1v) is 9.96. The first-order valence-electron chi connectivity index (χ1n) is 9.58. The molecule has 26 heavy (non-hydrogen) atoms. The number of hydrogen-bond donors (Lipinski definition) is 1. The van der Waals surface area contributed by atoms with Gasteiger partial charge in [-0.25, -0.2) is 0 Å².